The molecule has 0 radical (unpaired) electrons. The van der Waals surface area contributed by atoms with E-state index in [1.165, 1.54) is 6.07 Å². The SMILES string of the molecule is CCCOc1cc(O)[nH]c1O. The first-order valence-corrected chi connectivity index (χ1v) is 3.47. The Bertz CT molecular complexity index is 232. The summed E-state index contributed by atoms with van der Waals surface area (Å²) >= 11 is 0. The van der Waals surface area contributed by atoms with E-state index in [0.717, 1.165) is 6.42 Å². The quantitative estimate of drug-likeness (QED) is 0.618. The van der Waals surface area contributed by atoms with Crippen LogP contribution in [0.1, 0.15) is 13.3 Å². The number of nitrogens with one attached hydrogen (secondary N) is 1. The number of ether oxygens (including phenoxy) is 1. The van der Waals surface area contributed by atoms with E-state index in [-0.39, 0.29) is 11.8 Å². The normalized spacial score (nSPS) is 9.91. The van der Waals surface area contributed by atoms with E-state index in [2.05, 4.69) is 4.98 Å². The Morgan fingerprint density at radius 3 is 2.73 bits per heavy atom. The predicted molar refractivity (Wildman–Crippen MR) is 39.9 cm³/mol. The van der Waals surface area contributed by atoms with Crippen LogP contribution in [0.15, 0.2) is 6.07 Å². The van der Waals surface area contributed by atoms with E-state index in [0.29, 0.717) is 12.4 Å². The van der Waals surface area contributed by atoms with E-state index >= 15 is 0 Å². The van der Waals surface area contributed by atoms with E-state index in [4.69, 9.17) is 14.9 Å². The number of aromatic amines is 1. The Morgan fingerprint density at radius 2 is 2.27 bits per heavy atom. The zero-order chi connectivity index (χ0) is 8.27. The van der Waals surface area contributed by atoms with Crippen LogP contribution >= 0.6 is 0 Å². The third-order valence-corrected chi connectivity index (χ3v) is 1.21. The lowest BCUT2D eigenvalue weighted by molar-refractivity contribution is 0.298. The molecule has 11 heavy (non-hydrogen) atoms. The number of aromatic hydroxyl groups is 2. The second-order valence-corrected chi connectivity index (χ2v) is 2.22. The van der Waals surface area contributed by atoms with Gasteiger partial charge in [-0.25, -0.2) is 0 Å². The number of rotatable bonds is 3. The average molecular weight is 157 g/mol. The molecule has 0 spiro atoms. The zero-order valence-electron chi connectivity index (χ0n) is 6.29. The van der Waals surface area contributed by atoms with Crippen LogP contribution < -0.4 is 4.74 Å². The summed E-state index contributed by atoms with van der Waals surface area (Å²) in [6.07, 6.45) is 0.866. The lowest BCUT2D eigenvalue weighted by Gasteiger charge is -1.99. The molecule has 0 saturated carbocycles. The summed E-state index contributed by atoms with van der Waals surface area (Å²) in [5.74, 6) is 0.0777. The number of aromatic nitrogens is 1. The highest BCUT2D eigenvalue weighted by molar-refractivity contribution is 5.38. The highest BCUT2D eigenvalue weighted by Gasteiger charge is 2.05. The van der Waals surface area contributed by atoms with Crippen LogP contribution in [0.25, 0.3) is 0 Å². The fourth-order valence-electron chi connectivity index (χ4n) is 0.734. The summed E-state index contributed by atoms with van der Waals surface area (Å²) in [7, 11) is 0. The van der Waals surface area contributed by atoms with Gasteiger partial charge in [0, 0.05) is 6.07 Å². The number of hydrogen-bond acceptors (Lipinski definition) is 3. The Labute approximate surface area is 64.4 Å². The summed E-state index contributed by atoms with van der Waals surface area (Å²) in [6, 6.07) is 1.34. The third kappa shape index (κ3) is 1.80. The first-order chi connectivity index (χ1) is 5.24. The topological polar surface area (TPSA) is 65.5 Å². The molecule has 0 aliphatic rings. The van der Waals surface area contributed by atoms with Crippen molar-refractivity contribution in [2.75, 3.05) is 6.61 Å². The van der Waals surface area contributed by atoms with Crippen molar-refractivity contribution in [2.45, 2.75) is 13.3 Å². The second kappa shape index (κ2) is 3.18. The summed E-state index contributed by atoms with van der Waals surface area (Å²) in [5, 5.41) is 17.9. The minimum Gasteiger partial charge on any atom is -0.494 e. The van der Waals surface area contributed by atoms with E-state index in [9.17, 15) is 0 Å². The van der Waals surface area contributed by atoms with Crippen molar-refractivity contribution < 1.29 is 14.9 Å². The molecule has 0 aliphatic carbocycles. The maximum Gasteiger partial charge on any atom is 0.235 e. The summed E-state index contributed by atoms with van der Waals surface area (Å²) < 4.78 is 5.07. The van der Waals surface area contributed by atoms with Crippen LogP contribution in [0, 0.1) is 0 Å². The summed E-state index contributed by atoms with van der Waals surface area (Å²) in [6.45, 7) is 2.49. The second-order valence-electron chi connectivity index (χ2n) is 2.22. The van der Waals surface area contributed by atoms with Crippen LogP contribution in [0.3, 0.4) is 0 Å². The van der Waals surface area contributed by atoms with Crippen LogP contribution in [0.4, 0.5) is 0 Å². The standard InChI is InChI=1S/C7H11NO3/c1-2-3-11-5-4-6(9)8-7(5)10/h4,8-10H,2-3H2,1H3. The smallest absolute Gasteiger partial charge is 0.235 e. The molecule has 1 aromatic rings. The Kier molecular flexibility index (Phi) is 2.25. The molecular formula is C7H11NO3. The summed E-state index contributed by atoms with van der Waals surface area (Å²) in [4.78, 5) is 2.30. The molecule has 3 N–H and O–H groups in total. The lowest BCUT2D eigenvalue weighted by atomic mass is 10.5. The van der Waals surface area contributed by atoms with Gasteiger partial charge in [0.15, 0.2) is 11.6 Å². The Balaban J connectivity index is 2.62. The Morgan fingerprint density at radius 1 is 1.55 bits per heavy atom. The summed E-state index contributed by atoms with van der Waals surface area (Å²) in [5.41, 5.74) is 0. The molecule has 0 saturated heterocycles. The molecule has 0 unspecified atom stereocenters. The average Bonchev–Trinajstić information content (AvgIpc) is 2.26. The van der Waals surface area contributed by atoms with Crippen LogP contribution in [-0.4, -0.2) is 21.8 Å². The molecule has 0 fully saturated rings. The van der Waals surface area contributed by atoms with Crippen molar-refractivity contribution >= 4 is 0 Å². The molecule has 0 bridgehead atoms. The van der Waals surface area contributed by atoms with Gasteiger partial charge in [-0.2, -0.15) is 0 Å². The van der Waals surface area contributed by atoms with E-state index in [1.807, 2.05) is 6.92 Å². The van der Waals surface area contributed by atoms with Crippen molar-refractivity contribution in [2.24, 2.45) is 0 Å². The van der Waals surface area contributed by atoms with Gasteiger partial charge in [0.05, 0.1) is 6.61 Å². The monoisotopic (exact) mass is 157 g/mol. The largest absolute Gasteiger partial charge is 0.494 e. The van der Waals surface area contributed by atoms with Gasteiger partial charge in [-0.1, -0.05) is 6.92 Å². The molecule has 1 heterocycles. The zero-order valence-corrected chi connectivity index (χ0v) is 6.29. The lowest BCUT2D eigenvalue weighted by Crippen LogP contribution is -1.93. The molecule has 1 aromatic heterocycles. The van der Waals surface area contributed by atoms with Crippen molar-refractivity contribution in [3.63, 3.8) is 0 Å². The van der Waals surface area contributed by atoms with Crippen LogP contribution in [-0.2, 0) is 0 Å². The maximum atomic E-state index is 9.02. The minimum atomic E-state index is -0.129. The van der Waals surface area contributed by atoms with Crippen molar-refractivity contribution in [3.8, 4) is 17.5 Å². The molecule has 0 atom stereocenters. The van der Waals surface area contributed by atoms with Gasteiger partial charge in [0.1, 0.15) is 0 Å². The number of hydrogen-bond donors (Lipinski definition) is 3. The van der Waals surface area contributed by atoms with Gasteiger partial charge in [0.2, 0.25) is 5.88 Å². The Hall–Kier alpha value is -1.32. The van der Waals surface area contributed by atoms with Gasteiger partial charge in [-0.15, -0.1) is 0 Å². The molecular weight excluding hydrogens is 146 g/mol. The molecule has 0 aromatic carbocycles. The minimum absolute atomic E-state index is 0.0893. The van der Waals surface area contributed by atoms with Gasteiger partial charge in [-0.3, -0.25) is 4.98 Å². The first kappa shape index (κ1) is 7.78. The first-order valence-electron chi connectivity index (χ1n) is 3.47. The maximum absolute atomic E-state index is 9.02. The van der Waals surface area contributed by atoms with Crippen LogP contribution in [0.2, 0.25) is 0 Å². The highest BCUT2D eigenvalue weighted by atomic mass is 16.5. The van der Waals surface area contributed by atoms with E-state index in [1.54, 1.807) is 0 Å². The highest BCUT2D eigenvalue weighted by Crippen LogP contribution is 2.29. The fraction of sp³-hybridized carbons (Fsp3) is 0.429. The van der Waals surface area contributed by atoms with Gasteiger partial charge >= 0.3 is 0 Å². The third-order valence-electron chi connectivity index (χ3n) is 1.21. The van der Waals surface area contributed by atoms with Gasteiger partial charge < -0.3 is 14.9 Å². The molecule has 0 aliphatic heterocycles. The van der Waals surface area contributed by atoms with E-state index < -0.39 is 0 Å². The van der Waals surface area contributed by atoms with Crippen molar-refractivity contribution in [1.82, 2.24) is 4.98 Å². The van der Waals surface area contributed by atoms with Crippen molar-refractivity contribution in [3.05, 3.63) is 6.07 Å². The van der Waals surface area contributed by atoms with Gasteiger partial charge in [-0.05, 0) is 6.42 Å². The van der Waals surface area contributed by atoms with Crippen molar-refractivity contribution in [1.29, 1.82) is 0 Å². The fourth-order valence-corrected chi connectivity index (χ4v) is 0.734. The van der Waals surface area contributed by atoms with Crippen LogP contribution in [0.5, 0.6) is 17.5 Å². The predicted octanol–water partition coefficient (Wildman–Crippen LogP) is 1.21. The molecule has 4 heteroatoms. The molecule has 62 valence electrons. The van der Waals surface area contributed by atoms with Gasteiger partial charge in [0.25, 0.3) is 0 Å². The molecule has 0 amide bonds. The molecule has 1 rings (SSSR count). The number of H-pyrrole nitrogens is 1. The molecule has 4 nitrogen and oxygen atoms in total.